The van der Waals surface area contributed by atoms with Crippen LogP contribution < -0.4 is 5.73 Å². The topological polar surface area (TPSA) is 66.0 Å². The molecule has 1 unspecified atom stereocenters. The molecular weight excluding hydrogens is 144 g/mol. The summed E-state index contributed by atoms with van der Waals surface area (Å²) in [6.45, 7) is 1.85. The minimum Gasteiger partial charge on any atom is -0.369 e. The van der Waals surface area contributed by atoms with Gasteiger partial charge in [0, 0.05) is 6.54 Å². The van der Waals surface area contributed by atoms with Crippen molar-refractivity contribution in [1.29, 1.82) is 0 Å². The number of aromatic nitrogens is 3. The molecule has 0 fully saturated rings. The zero-order valence-electron chi connectivity index (χ0n) is 6.10. The molecule has 11 heavy (non-hydrogen) atoms. The first kappa shape index (κ1) is 6.75. The van der Waals surface area contributed by atoms with E-state index in [0.29, 0.717) is 13.2 Å². The average molecular weight is 154 g/mol. The molecule has 60 valence electrons. The summed E-state index contributed by atoms with van der Waals surface area (Å²) in [5, 5.41) is 7.65. The van der Waals surface area contributed by atoms with Crippen LogP contribution in [0, 0.1) is 0 Å². The summed E-state index contributed by atoms with van der Waals surface area (Å²) in [6, 6.07) is 0. The van der Waals surface area contributed by atoms with Crippen LogP contribution in [0.3, 0.4) is 0 Å². The fourth-order valence-electron chi connectivity index (χ4n) is 1.14. The fraction of sp³-hybridized carbons (Fsp3) is 0.667. The Hall–Kier alpha value is -0.940. The lowest BCUT2D eigenvalue weighted by Crippen LogP contribution is -2.33. The maximum atomic E-state index is 5.44. The molecular formula is C6H10N4O. The molecule has 5 nitrogen and oxygen atoms in total. The van der Waals surface area contributed by atoms with E-state index in [9.17, 15) is 0 Å². The quantitative estimate of drug-likeness (QED) is 0.571. The van der Waals surface area contributed by atoms with E-state index < -0.39 is 0 Å². The molecule has 5 heteroatoms. The third kappa shape index (κ3) is 1.12. The predicted molar refractivity (Wildman–Crippen MR) is 37.7 cm³/mol. The Balaban J connectivity index is 2.18. The zero-order chi connectivity index (χ0) is 7.68. The Morgan fingerprint density at radius 1 is 1.82 bits per heavy atom. The summed E-state index contributed by atoms with van der Waals surface area (Å²) in [7, 11) is 0. The molecule has 0 amide bonds. The first-order valence-corrected chi connectivity index (χ1v) is 3.59. The highest BCUT2D eigenvalue weighted by Crippen LogP contribution is 2.09. The molecule has 0 aliphatic carbocycles. The molecule has 2 rings (SSSR count). The Bertz CT molecular complexity index is 246. The van der Waals surface area contributed by atoms with E-state index in [1.807, 2.05) is 4.68 Å². The van der Waals surface area contributed by atoms with Crippen LogP contribution in [0.2, 0.25) is 0 Å². The third-order valence-electron chi connectivity index (χ3n) is 1.80. The normalized spacial score (nSPS) is 23.2. The highest BCUT2D eigenvalue weighted by Gasteiger charge is 2.17. The minimum absolute atomic E-state index is 0.101. The Kier molecular flexibility index (Phi) is 1.59. The van der Waals surface area contributed by atoms with E-state index >= 15 is 0 Å². The molecule has 0 radical (unpaired) electrons. The van der Waals surface area contributed by atoms with Gasteiger partial charge in [-0.25, -0.2) is 4.68 Å². The van der Waals surface area contributed by atoms with Gasteiger partial charge < -0.3 is 10.5 Å². The summed E-state index contributed by atoms with van der Waals surface area (Å²) in [5.74, 6) is 0. The lowest BCUT2D eigenvalue weighted by atomic mass is 10.3. The first-order chi connectivity index (χ1) is 5.40. The standard InChI is InChI=1S/C6H10N4O/c7-1-6-3-10-5(4-11-6)2-8-9-10/h2,6H,1,3-4,7H2. The van der Waals surface area contributed by atoms with E-state index in [4.69, 9.17) is 10.5 Å². The Morgan fingerprint density at radius 2 is 2.73 bits per heavy atom. The largest absolute Gasteiger partial charge is 0.369 e. The van der Waals surface area contributed by atoms with Crippen LogP contribution in [0.4, 0.5) is 0 Å². The molecule has 1 aromatic rings. The number of nitrogens with zero attached hydrogens (tertiary/aromatic N) is 3. The molecule has 0 saturated carbocycles. The molecule has 1 atom stereocenters. The number of nitrogens with two attached hydrogens (primary N) is 1. The summed E-state index contributed by atoms with van der Waals surface area (Å²) in [5.41, 5.74) is 6.47. The van der Waals surface area contributed by atoms with E-state index in [-0.39, 0.29) is 6.10 Å². The third-order valence-corrected chi connectivity index (χ3v) is 1.80. The summed E-state index contributed by atoms with van der Waals surface area (Å²) in [4.78, 5) is 0. The second-order valence-corrected chi connectivity index (χ2v) is 2.58. The van der Waals surface area contributed by atoms with Gasteiger partial charge in [0.25, 0.3) is 0 Å². The monoisotopic (exact) mass is 154 g/mol. The fourth-order valence-corrected chi connectivity index (χ4v) is 1.14. The van der Waals surface area contributed by atoms with Gasteiger partial charge in [0.05, 0.1) is 31.1 Å². The average Bonchev–Trinajstić information content (AvgIpc) is 2.50. The van der Waals surface area contributed by atoms with Gasteiger partial charge in [-0.3, -0.25) is 0 Å². The Labute approximate surface area is 64.1 Å². The van der Waals surface area contributed by atoms with Crippen molar-refractivity contribution in [3.8, 4) is 0 Å². The molecule has 1 aliphatic rings. The van der Waals surface area contributed by atoms with Crippen LogP contribution >= 0.6 is 0 Å². The molecule has 1 aliphatic heterocycles. The second-order valence-electron chi connectivity index (χ2n) is 2.58. The van der Waals surface area contributed by atoms with Gasteiger partial charge in [-0.05, 0) is 0 Å². The van der Waals surface area contributed by atoms with Crippen LogP contribution in [0.15, 0.2) is 6.20 Å². The van der Waals surface area contributed by atoms with Gasteiger partial charge in [0.1, 0.15) is 0 Å². The van der Waals surface area contributed by atoms with Gasteiger partial charge in [-0.2, -0.15) is 0 Å². The molecule has 0 saturated heterocycles. The zero-order valence-corrected chi connectivity index (χ0v) is 6.10. The summed E-state index contributed by atoms with van der Waals surface area (Å²) in [6.07, 6.45) is 1.82. The first-order valence-electron chi connectivity index (χ1n) is 3.59. The van der Waals surface area contributed by atoms with Crippen molar-refractivity contribution in [2.24, 2.45) is 5.73 Å². The highest BCUT2D eigenvalue weighted by molar-refractivity contribution is 4.94. The van der Waals surface area contributed by atoms with Crippen LogP contribution in [0.25, 0.3) is 0 Å². The molecule has 0 aromatic carbocycles. The lowest BCUT2D eigenvalue weighted by molar-refractivity contribution is 0.00611. The maximum Gasteiger partial charge on any atom is 0.0906 e. The van der Waals surface area contributed by atoms with Gasteiger partial charge in [0.15, 0.2) is 0 Å². The number of rotatable bonds is 1. The summed E-state index contributed by atoms with van der Waals surface area (Å²) >= 11 is 0. The number of ether oxygens (including phenoxy) is 1. The molecule has 2 heterocycles. The SMILES string of the molecule is NCC1Cn2nncc2CO1. The van der Waals surface area contributed by atoms with Crippen molar-refractivity contribution in [2.45, 2.75) is 19.3 Å². The minimum atomic E-state index is 0.101. The van der Waals surface area contributed by atoms with Gasteiger partial charge in [0.2, 0.25) is 0 Å². The molecule has 0 bridgehead atoms. The van der Waals surface area contributed by atoms with Crippen LogP contribution in [-0.4, -0.2) is 27.6 Å². The van der Waals surface area contributed by atoms with E-state index in [1.54, 1.807) is 6.20 Å². The van der Waals surface area contributed by atoms with E-state index in [0.717, 1.165) is 12.2 Å². The second kappa shape index (κ2) is 2.60. The summed E-state index contributed by atoms with van der Waals surface area (Å²) < 4.78 is 7.22. The van der Waals surface area contributed by atoms with Crippen LogP contribution in [-0.2, 0) is 17.9 Å². The van der Waals surface area contributed by atoms with Gasteiger partial charge in [-0.15, -0.1) is 5.10 Å². The highest BCUT2D eigenvalue weighted by atomic mass is 16.5. The van der Waals surface area contributed by atoms with Crippen molar-refractivity contribution in [3.63, 3.8) is 0 Å². The van der Waals surface area contributed by atoms with Crippen LogP contribution in [0.5, 0.6) is 0 Å². The molecule has 2 N–H and O–H groups in total. The number of hydrogen-bond acceptors (Lipinski definition) is 4. The maximum absolute atomic E-state index is 5.44. The molecule has 0 spiro atoms. The molecule has 1 aromatic heterocycles. The van der Waals surface area contributed by atoms with Crippen molar-refractivity contribution in [1.82, 2.24) is 15.0 Å². The van der Waals surface area contributed by atoms with E-state index in [1.165, 1.54) is 0 Å². The lowest BCUT2D eigenvalue weighted by Gasteiger charge is -2.21. The van der Waals surface area contributed by atoms with Crippen molar-refractivity contribution in [2.75, 3.05) is 6.54 Å². The Morgan fingerprint density at radius 3 is 3.55 bits per heavy atom. The van der Waals surface area contributed by atoms with Crippen molar-refractivity contribution >= 4 is 0 Å². The number of hydrogen-bond donors (Lipinski definition) is 1. The number of fused-ring (bicyclic) bond motifs is 1. The van der Waals surface area contributed by atoms with Gasteiger partial charge in [-0.1, -0.05) is 5.21 Å². The van der Waals surface area contributed by atoms with Crippen molar-refractivity contribution in [3.05, 3.63) is 11.9 Å². The smallest absolute Gasteiger partial charge is 0.0906 e. The van der Waals surface area contributed by atoms with E-state index in [2.05, 4.69) is 10.3 Å². The van der Waals surface area contributed by atoms with Crippen molar-refractivity contribution < 1.29 is 4.74 Å². The van der Waals surface area contributed by atoms with Crippen LogP contribution in [0.1, 0.15) is 5.69 Å². The van der Waals surface area contributed by atoms with Gasteiger partial charge >= 0.3 is 0 Å². The predicted octanol–water partition coefficient (Wildman–Crippen LogP) is -0.864.